The molecule has 0 bridgehead atoms. The lowest BCUT2D eigenvalue weighted by Gasteiger charge is -2.20. The lowest BCUT2D eigenvalue weighted by molar-refractivity contribution is 0.137. The van der Waals surface area contributed by atoms with Crippen LogP contribution in [0.1, 0.15) is 33.6 Å². The van der Waals surface area contributed by atoms with Gasteiger partial charge in [-0.3, -0.25) is 4.90 Å². The summed E-state index contributed by atoms with van der Waals surface area (Å²) in [6, 6.07) is 0. The molecule has 0 aromatic rings. The average molecular weight is 171 g/mol. The van der Waals surface area contributed by atoms with Crippen LogP contribution in [0.15, 0.2) is 0 Å². The Balaban J connectivity index is 2.02. The Morgan fingerprint density at radius 3 is 2.58 bits per heavy atom. The highest BCUT2D eigenvalue weighted by Gasteiger charge is 2.14. The van der Waals surface area contributed by atoms with Crippen molar-refractivity contribution in [2.45, 2.75) is 33.6 Å². The van der Waals surface area contributed by atoms with Crippen molar-refractivity contribution in [1.29, 1.82) is 0 Å². The second kappa shape index (κ2) is 4.24. The van der Waals surface area contributed by atoms with E-state index < -0.39 is 0 Å². The van der Waals surface area contributed by atoms with Crippen molar-refractivity contribution >= 4 is 0 Å². The van der Waals surface area contributed by atoms with Gasteiger partial charge >= 0.3 is 0 Å². The molecule has 1 heterocycles. The van der Waals surface area contributed by atoms with Crippen LogP contribution in [-0.4, -0.2) is 31.3 Å². The van der Waals surface area contributed by atoms with Gasteiger partial charge in [0, 0.05) is 13.1 Å². The van der Waals surface area contributed by atoms with E-state index in [1.165, 1.54) is 19.4 Å². The highest BCUT2D eigenvalue weighted by atomic mass is 16.5. The minimum absolute atomic E-state index is 0.487. The normalized spacial score (nSPS) is 20.2. The van der Waals surface area contributed by atoms with E-state index in [0.717, 1.165) is 19.9 Å². The molecule has 2 heteroatoms. The molecule has 0 aliphatic carbocycles. The fourth-order valence-electron chi connectivity index (χ4n) is 1.46. The minimum Gasteiger partial charge on any atom is -0.365 e. The first-order valence-corrected chi connectivity index (χ1v) is 4.88. The van der Waals surface area contributed by atoms with Crippen LogP contribution in [0.25, 0.3) is 0 Å². The molecular formula is C10H21NO. The van der Waals surface area contributed by atoms with E-state index in [9.17, 15) is 0 Å². The molecule has 12 heavy (non-hydrogen) atoms. The molecule has 0 radical (unpaired) electrons. The molecule has 72 valence electrons. The third kappa shape index (κ3) is 4.07. The SMILES string of the molecule is CC(C)(C)CCCN1CCOC1. The van der Waals surface area contributed by atoms with Crippen molar-refractivity contribution in [3.8, 4) is 0 Å². The molecule has 0 N–H and O–H groups in total. The topological polar surface area (TPSA) is 12.5 Å². The van der Waals surface area contributed by atoms with Crippen LogP contribution in [0.5, 0.6) is 0 Å². The van der Waals surface area contributed by atoms with Gasteiger partial charge in [0.1, 0.15) is 0 Å². The van der Waals surface area contributed by atoms with Gasteiger partial charge in [-0.05, 0) is 18.3 Å². The molecular weight excluding hydrogens is 150 g/mol. The van der Waals surface area contributed by atoms with Gasteiger partial charge in [-0.2, -0.15) is 0 Å². The van der Waals surface area contributed by atoms with E-state index in [2.05, 4.69) is 25.7 Å². The van der Waals surface area contributed by atoms with Gasteiger partial charge in [0.2, 0.25) is 0 Å². The third-order valence-electron chi connectivity index (χ3n) is 2.23. The molecule has 0 atom stereocenters. The van der Waals surface area contributed by atoms with Crippen molar-refractivity contribution in [2.24, 2.45) is 5.41 Å². The maximum atomic E-state index is 5.27. The molecule has 1 fully saturated rings. The third-order valence-corrected chi connectivity index (χ3v) is 2.23. The monoisotopic (exact) mass is 171 g/mol. The first kappa shape index (κ1) is 10.0. The van der Waals surface area contributed by atoms with Crippen LogP contribution in [0.4, 0.5) is 0 Å². The molecule has 0 spiro atoms. The molecule has 2 nitrogen and oxygen atoms in total. The summed E-state index contributed by atoms with van der Waals surface area (Å²) in [5.41, 5.74) is 0.487. The largest absolute Gasteiger partial charge is 0.365 e. The Kier molecular flexibility index (Phi) is 3.53. The zero-order chi connectivity index (χ0) is 9.03. The smallest absolute Gasteiger partial charge is 0.0991 e. The van der Waals surface area contributed by atoms with E-state index >= 15 is 0 Å². The standard InChI is InChI=1S/C10H21NO/c1-10(2,3)5-4-6-11-7-8-12-9-11/h4-9H2,1-3H3. The van der Waals surface area contributed by atoms with Gasteiger partial charge in [0.15, 0.2) is 0 Å². The quantitative estimate of drug-likeness (QED) is 0.645. The van der Waals surface area contributed by atoms with Crippen molar-refractivity contribution in [2.75, 3.05) is 26.4 Å². The number of hydrogen-bond acceptors (Lipinski definition) is 2. The van der Waals surface area contributed by atoms with E-state index in [4.69, 9.17) is 4.74 Å². The van der Waals surface area contributed by atoms with Crippen molar-refractivity contribution in [3.05, 3.63) is 0 Å². The summed E-state index contributed by atoms with van der Waals surface area (Å²) in [7, 11) is 0. The highest BCUT2D eigenvalue weighted by molar-refractivity contribution is 4.64. The Bertz CT molecular complexity index is 122. The number of rotatable bonds is 3. The molecule has 1 saturated heterocycles. The van der Waals surface area contributed by atoms with Crippen molar-refractivity contribution < 1.29 is 4.74 Å². The summed E-state index contributed by atoms with van der Waals surface area (Å²) >= 11 is 0. The fourth-order valence-corrected chi connectivity index (χ4v) is 1.46. The second-order valence-electron chi connectivity index (χ2n) is 4.82. The molecule has 0 amide bonds. The van der Waals surface area contributed by atoms with Crippen molar-refractivity contribution in [3.63, 3.8) is 0 Å². The summed E-state index contributed by atoms with van der Waals surface area (Å²) in [6.45, 7) is 11.0. The van der Waals surface area contributed by atoms with Crippen LogP contribution in [0.2, 0.25) is 0 Å². The average Bonchev–Trinajstić information content (AvgIpc) is 2.36. The highest BCUT2D eigenvalue weighted by Crippen LogP contribution is 2.20. The summed E-state index contributed by atoms with van der Waals surface area (Å²) in [5.74, 6) is 0. The van der Waals surface area contributed by atoms with Gasteiger partial charge in [-0.25, -0.2) is 0 Å². The number of nitrogens with zero attached hydrogens (tertiary/aromatic N) is 1. The Morgan fingerprint density at radius 2 is 2.08 bits per heavy atom. The van der Waals surface area contributed by atoms with Gasteiger partial charge < -0.3 is 4.74 Å². The molecule has 0 aromatic heterocycles. The number of hydrogen-bond donors (Lipinski definition) is 0. The minimum atomic E-state index is 0.487. The van der Waals surface area contributed by atoms with Crippen LogP contribution in [0, 0.1) is 5.41 Å². The van der Waals surface area contributed by atoms with Crippen LogP contribution >= 0.6 is 0 Å². The van der Waals surface area contributed by atoms with Crippen LogP contribution < -0.4 is 0 Å². The molecule has 1 rings (SSSR count). The molecule has 0 aromatic carbocycles. The van der Waals surface area contributed by atoms with Crippen LogP contribution in [-0.2, 0) is 4.74 Å². The molecule has 0 unspecified atom stereocenters. The van der Waals surface area contributed by atoms with Crippen molar-refractivity contribution in [1.82, 2.24) is 4.90 Å². The maximum Gasteiger partial charge on any atom is 0.0991 e. The summed E-state index contributed by atoms with van der Waals surface area (Å²) in [5, 5.41) is 0. The van der Waals surface area contributed by atoms with E-state index in [-0.39, 0.29) is 0 Å². The Hall–Kier alpha value is -0.0800. The summed E-state index contributed by atoms with van der Waals surface area (Å²) in [6.07, 6.45) is 2.61. The van der Waals surface area contributed by atoms with E-state index in [1.54, 1.807) is 0 Å². The molecule has 0 saturated carbocycles. The fraction of sp³-hybridized carbons (Fsp3) is 1.00. The zero-order valence-corrected chi connectivity index (χ0v) is 8.60. The first-order chi connectivity index (χ1) is 5.58. The Labute approximate surface area is 75.9 Å². The van der Waals surface area contributed by atoms with Gasteiger partial charge in [0.25, 0.3) is 0 Å². The van der Waals surface area contributed by atoms with Gasteiger partial charge in [-0.15, -0.1) is 0 Å². The first-order valence-electron chi connectivity index (χ1n) is 4.88. The van der Waals surface area contributed by atoms with E-state index in [1.807, 2.05) is 0 Å². The van der Waals surface area contributed by atoms with Crippen LogP contribution in [0.3, 0.4) is 0 Å². The van der Waals surface area contributed by atoms with E-state index in [0.29, 0.717) is 5.41 Å². The predicted octanol–water partition coefficient (Wildman–Crippen LogP) is 2.10. The molecule has 1 aliphatic rings. The summed E-state index contributed by atoms with van der Waals surface area (Å²) < 4.78 is 5.27. The molecule has 1 aliphatic heterocycles. The lowest BCUT2D eigenvalue weighted by atomic mass is 9.90. The lowest BCUT2D eigenvalue weighted by Crippen LogP contribution is -2.22. The predicted molar refractivity (Wildman–Crippen MR) is 51.1 cm³/mol. The second-order valence-corrected chi connectivity index (χ2v) is 4.82. The maximum absolute atomic E-state index is 5.27. The van der Waals surface area contributed by atoms with Gasteiger partial charge in [0.05, 0.1) is 13.3 Å². The zero-order valence-electron chi connectivity index (χ0n) is 8.60. The summed E-state index contributed by atoms with van der Waals surface area (Å²) in [4.78, 5) is 2.38. The van der Waals surface area contributed by atoms with Gasteiger partial charge in [-0.1, -0.05) is 20.8 Å². The number of ether oxygens (including phenoxy) is 1. The Morgan fingerprint density at radius 1 is 1.33 bits per heavy atom.